The molecule has 0 bridgehead atoms. The van der Waals surface area contributed by atoms with Crippen LogP contribution < -0.4 is 15.4 Å². The van der Waals surface area contributed by atoms with Crippen molar-refractivity contribution in [1.29, 1.82) is 0 Å². The maximum Gasteiger partial charge on any atom is 0.251 e. The lowest BCUT2D eigenvalue weighted by atomic mass is 10.1. The second-order valence-electron chi connectivity index (χ2n) is 7.64. The summed E-state index contributed by atoms with van der Waals surface area (Å²) in [6, 6.07) is 20.6. The minimum absolute atomic E-state index is 0.0692. The monoisotopic (exact) mass is 430 g/mol. The summed E-state index contributed by atoms with van der Waals surface area (Å²) in [6.45, 7) is 0.226. The van der Waals surface area contributed by atoms with Crippen molar-refractivity contribution in [3.8, 4) is 5.75 Å². The summed E-state index contributed by atoms with van der Waals surface area (Å²) in [4.78, 5) is 24.3. The van der Waals surface area contributed by atoms with E-state index in [1.54, 1.807) is 66.7 Å². The van der Waals surface area contributed by atoms with E-state index in [4.69, 9.17) is 4.74 Å². The highest BCUT2D eigenvalue weighted by Crippen LogP contribution is 2.20. The molecule has 0 heterocycles. The van der Waals surface area contributed by atoms with E-state index in [-0.39, 0.29) is 24.2 Å². The van der Waals surface area contributed by atoms with E-state index in [0.29, 0.717) is 23.0 Å². The minimum atomic E-state index is -0.310. The number of nitrogens with one attached hydrogen (secondary N) is 2. The van der Waals surface area contributed by atoms with E-state index in [0.717, 1.165) is 24.0 Å². The van der Waals surface area contributed by atoms with Crippen LogP contribution in [0, 0.1) is 5.82 Å². The van der Waals surface area contributed by atoms with Gasteiger partial charge in [-0.15, -0.1) is 0 Å². The van der Waals surface area contributed by atoms with Crippen LogP contribution in [-0.2, 0) is 11.4 Å². The first-order valence-electron chi connectivity index (χ1n) is 10.4. The van der Waals surface area contributed by atoms with Crippen molar-refractivity contribution in [2.45, 2.75) is 25.5 Å². The predicted octanol–water partition coefficient (Wildman–Crippen LogP) is 4.95. The van der Waals surface area contributed by atoms with E-state index < -0.39 is 0 Å². The average molecular weight is 430 g/mol. The third-order valence-electron chi connectivity index (χ3n) is 4.91. The van der Waals surface area contributed by atoms with Gasteiger partial charge in [-0.2, -0.15) is 0 Å². The molecule has 4 rings (SSSR count). The van der Waals surface area contributed by atoms with Crippen LogP contribution >= 0.6 is 0 Å². The zero-order chi connectivity index (χ0) is 22.3. The highest BCUT2D eigenvalue weighted by Gasteiger charge is 2.23. The number of benzene rings is 3. The Bertz CT molecular complexity index is 1140. The number of hydrogen-bond donors (Lipinski definition) is 2. The highest BCUT2D eigenvalue weighted by atomic mass is 19.1. The molecular formula is C26H23FN2O3. The molecule has 5 nitrogen and oxygen atoms in total. The van der Waals surface area contributed by atoms with Gasteiger partial charge in [0.05, 0.1) is 0 Å². The highest BCUT2D eigenvalue weighted by molar-refractivity contribution is 6.02. The molecule has 1 aliphatic carbocycles. The Balaban J connectivity index is 1.30. The zero-order valence-electron chi connectivity index (χ0n) is 17.4. The van der Waals surface area contributed by atoms with E-state index in [1.165, 1.54) is 18.2 Å². The van der Waals surface area contributed by atoms with Gasteiger partial charge in [0.15, 0.2) is 0 Å². The van der Waals surface area contributed by atoms with Gasteiger partial charge in [0, 0.05) is 29.4 Å². The standard InChI is InChI=1S/C26H23FN2O3/c27-21-4-1-3-19(15-21)17-32-24-6-2-5-23(16-24)28-25(30)14-9-18-7-10-20(11-8-18)26(31)29-22-12-13-22/h1-11,14-16,22H,12-13,17H2,(H,28,30)(H,29,31)/b14-9+. The second-order valence-corrected chi connectivity index (χ2v) is 7.64. The van der Waals surface area contributed by atoms with Crippen LogP contribution in [0.4, 0.5) is 10.1 Å². The summed E-state index contributed by atoms with van der Waals surface area (Å²) in [6.07, 6.45) is 5.20. The maximum absolute atomic E-state index is 13.3. The van der Waals surface area contributed by atoms with Crippen molar-refractivity contribution in [2.75, 3.05) is 5.32 Å². The topological polar surface area (TPSA) is 67.4 Å². The molecule has 1 aliphatic rings. The molecule has 0 aromatic heterocycles. The van der Waals surface area contributed by atoms with Gasteiger partial charge in [0.2, 0.25) is 5.91 Å². The quantitative estimate of drug-likeness (QED) is 0.497. The summed E-state index contributed by atoms with van der Waals surface area (Å²) in [5.41, 5.74) is 2.73. The predicted molar refractivity (Wildman–Crippen MR) is 122 cm³/mol. The molecule has 0 spiro atoms. The molecule has 32 heavy (non-hydrogen) atoms. The first kappa shape index (κ1) is 21.3. The molecular weight excluding hydrogens is 407 g/mol. The summed E-state index contributed by atoms with van der Waals surface area (Å²) in [5.74, 6) is -0.103. The lowest BCUT2D eigenvalue weighted by Gasteiger charge is -2.09. The van der Waals surface area contributed by atoms with Crippen LogP contribution in [0.5, 0.6) is 5.75 Å². The Morgan fingerprint density at radius 1 is 1.00 bits per heavy atom. The number of amides is 2. The fourth-order valence-electron chi connectivity index (χ4n) is 3.05. The number of rotatable bonds is 8. The van der Waals surface area contributed by atoms with Crippen molar-refractivity contribution in [1.82, 2.24) is 5.32 Å². The Morgan fingerprint density at radius 3 is 2.53 bits per heavy atom. The van der Waals surface area contributed by atoms with Crippen LogP contribution in [0.15, 0.2) is 78.9 Å². The third-order valence-corrected chi connectivity index (χ3v) is 4.91. The molecule has 1 saturated carbocycles. The van der Waals surface area contributed by atoms with E-state index in [2.05, 4.69) is 10.6 Å². The molecule has 0 radical (unpaired) electrons. The molecule has 0 atom stereocenters. The largest absolute Gasteiger partial charge is 0.489 e. The van der Waals surface area contributed by atoms with Gasteiger partial charge in [-0.3, -0.25) is 9.59 Å². The molecule has 2 N–H and O–H groups in total. The molecule has 3 aromatic rings. The summed E-state index contributed by atoms with van der Waals surface area (Å²) >= 11 is 0. The molecule has 0 aliphatic heterocycles. The smallest absolute Gasteiger partial charge is 0.251 e. The zero-order valence-corrected chi connectivity index (χ0v) is 17.4. The normalized spacial score (nSPS) is 13.0. The fourth-order valence-corrected chi connectivity index (χ4v) is 3.05. The number of carbonyl (C=O) groups excluding carboxylic acids is 2. The van der Waals surface area contributed by atoms with Gasteiger partial charge in [-0.1, -0.05) is 30.3 Å². The van der Waals surface area contributed by atoms with Crippen LogP contribution in [0.1, 0.15) is 34.3 Å². The number of anilines is 1. The first-order chi connectivity index (χ1) is 15.5. The van der Waals surface area contributed by atoms with Crippen molar-refractivity contribution in [2.24, 2.45) is 0 Å². The van der Waals surface area contributed by atoms with Crippen molar-refractivity contribution in [3.05, 3.63) is 101 Å². The van der Waals surface area contributed by atoms with Crippen LogP contribution in [-0.4, -0.2) is 17.9 Å². The van der Waals surface area contributed by atoms with E-state index in [1.807, 2.05) is 0 Å². The molecule has 0 saturated heterocycles. The molecule has 0 unspecified atom stereocenters. The minimum Gasteiger partial charge on any atom is -0.489 e. The van der Waals surface area contributed by atoms with Gasteiger partial charge >= 0.3 is 0 Å². The van der Waals surface area contributed by atoms with Crippen LogP contribution in [0.3, 0.4) is 0 Å². The van der Waals surface area contributed by atoms with E-state index in [9.17, 15) is 14.0 Å². The number of ether oxygens (including phenoxy) is 1. The SMILES string of the molecule is O=C(/C=C/c1ccc(C(=O)NC2CC2)cc1)Nc1cccc(OCc2cccc(F)c2)c1. The summed E-state index contributed by atoms with van der Waals surface area (Å²) in [5, 5.41) is 5.73. The van der Waals surface area contributed by atoms with Gasteiger partial charge < -0.3 is 15.4 Å². The number of hydrogen-bond acceptors (Lipinski definition) is 3. The van der Waals surface area contributed by atoms with Gasteiger partial charge in [0.25, 0.3) is 5.91 Å². The Hall–Kier alpha value is -3.93. The van der Waals surface area contributed by atoms with Gasteiger partial charge in [-0.05, 0) is 66.4 Å². The molecule has 1 fully saturated rings. The Kier molecular flexibility index (Phi) is 6.60. The van der Waals surface area contributed by atoms with Crippen LogP contribution in [0.2, 0.25) is 0 Å². The lowest BCUT2D eigenvalue weighted by Crippen LogP contribution is -2.25. The molecule has 3 aromatic carbocycles. The second kappa shape index (κ2) is 9.92. The van der Waals surface area contributed by atoms with Crippen molar-refractivity contribution >= 4 is 23.6 Å². The summed E-state index contributed by atoms with van der Waals surface area (Å²) in [7, 11) is 0. The molecule has 6 heteroatoms. The third kappa shape index (κ3) is 6.28. The lowest BCUT2D eigenvalue weighted by molar-refractivity contribution is -0.111. The number of halogens is 1. The Labute approximate surface area is 185 Å². The fraction of sp³-hybridized carbons (Fsp3) is 0.154. The summed E-state index contributed by atoms with van der Waals surface area (Å²) < 4.78 is 19.0. The first-order valence-corrected chi connectivity index (χ1v) is 10.4. The molecule has 2 amide bonds. The van der Waals surface area contributed by atoms with Crippen molar-refractivity contribution < 1.29 is 18.7 Å². The Morgan fingerprint density at radius 2 is 1.78 bits per heavy atom. The van der Waals surface area contributed by atoms with Gasteiger partial charge in [0.1, 0.15) is 18.2 Å². The van der Waals surface area contributed by atoms with Crippen molar-refractivity contribution in [3.63, 3.8) is 0 Å². The van der Waals surface area contributed by atoms with Crippen LogP contribution in [0.25, 0.3) is 6.08 Å². The van der Waals surface area contributed by atoms with Gasteiger partial charge in [-0.25, -0.2) is 4.39 Å². The average Bonchev–Trinajstić information content (AvgIpc) is 3.61. The maximum atomic E-state index is 13.3. The van der Waals surface area contributed by atoms with E-state index >= 15 is 0 Å². The molecule has 162 valence electrons. The number of carbonyl (C=O) groups is 2.